The molecule has 6 nitrogen and oxygen atoms in total. The third kappa shape index (κ3) is 3.58. The van der Waals surface area contributed by atoms with Crippen molar-refractivity contribution in [2.45, 2.75) is 38.0 Å². The lowest BCUT2D eigenvalue weighted by Gasteiger charge is -2.18. The molecule has 0 bridgehead atoms. The van der Waals surface area contributed by atoms with Crippen molar-refractivity contribution in [3.63, 3.8) is 0 Å². The zero-order valence-corrected chi connectivity index (χ0v) is 16.9. The summed E-state index contributed by atoms with van der Waals surface area (Å²) < 4.78 is 34.1. The maximum atomic E-state index is 13.0. The highest BCUT2D eigenvalue weighted by Gasteiger charge is 2.36. The Morgan fingerprint density at radius 1 is 1.21 bits per heavy atom. The fourth-order valence-electron chi connectivity index (χ4n) is 3.56. The van der Waals surface area contributed by atoms with Crippen molar-refractivity contribution in [2.24, 2.45) is 5.92 Å². The Bertz CT molecular complexity index is 1030. The molecule has 1 N–H and O–H groups in total. The van der Waals surface area contributed by atoms with Gasteiger partial charge in [-0.15, -0.1) is 0 Å². The highest BCUT2D eigenvalue weighted by molar-refractivity contribution is 7.92. The third-order valence-corrected chi connectivity index (χ3v) is 6.51. The van der Waals surface area contributed by atoms with Crippen molar-refractivity contribution >= 4 is 27.3 Å². The van der Waals surface area contributed by atoms with Crippen LogP contribution in [-0.4, -0.2) is 27.5 Å². The molecule has 0 unspecified atom stereocenters. The first-order valence-electron chi connectivity index (χ1n) is 9.59. The smallest absolute Gasteiger partial charge is 0.265 e. The van der Waals surface area contributed by atoms with E-state index < -0.39 is 10.0 Å². The predicted molar refractivity (Wildman–Crippen MR) is 108 cm³/mol. The van der Waals surface area contributed by atoms with Gasteiger partial charge in [-0.05, 0) is 74.6 Å². The second-order valence-corrected chi connectivity index (χ2v) is 9.00. The number of fused-ring (bicyclic) bond motifs is 1. The van der Waals surface area contributed by atoms with Crippen LogP contribution in [0.1, 0.15) is 30.9 Å². The number of nitrogens with one attached hydrogen (secondary N) is 1. The summed E-state index contributed by atoms with van der Waals surface area (Å²) in [6.45, 7) is 4.71. The monoisotopic (exact) mass is 400 g/mol. The van der Waals surface area contributed by atoms with E-state index in [1.165, 1.54) is 0 Å². The lowest BCUT2D eigenvalue weighted by Crippen LogP contribution is -2.30. The summed E-state index contributed by atoms with van der Waals surface area (Å²) in [5, 5.41) is 0. The first-order chi connectivity index (χ1) is 13.4. The number of hydrogen-bond donors (Lipinski definition) is 1. The molecule has 148 valence electrons. The Hall–Kier alpha value is -2.54. The lowest BCUT2D eigenvalue weighted by molar-refractivity contribution is -0.119. The zero-order chi connectivity index (χ0) is 19.9. The number of nitrogens with zero attached hydrogens (tertiary/aromatic N) is 1. The number of amides is 1. The van der Waals surface area contributed by atoms with Crippen LogP contribution in [0.5, 0.6) is 5.75 Å². The van der Waals surface area contributed by atoms with Crippen molar-refractivity contribution < 1.29 is 17.9 Å². The summed E-state index contributed by atoms with van der Waals surface area (Å²) in [5.74, 6) is 0.693. The molecule has 1 aliphatic carbocycles. The Morgan fingerprint density at radius 2 is 2.00 bits per heavy atom. The van der Waals surface area contributed by atoms with E-state index in [9.17, 15) is 13.2 Å². The van der Waals surface area contributed by atoms with Crippen LogP contribution in [0.2, 0.25) is 0 Å². The van der Waals surface area contributed by atoms with Crippen molar-refractivity contribution in [3.8, 4) is 5.75 Å². The Kier molecular flexibility index (Phi) is 4.79. The molecule has 0 spiro atoms. The Balaban J connectivity index is 1.60. The van der Waals surface area contributed by atoms with Crippen LogP contribution in [0.4, 0.5) is 11.4 Å². The van der Waals surface area contributed by atoms with Crippen LogP contribution in [0.3, 0.4) is 0 Å². The molecule has 1 heterocycles. The number of aryl methyl sites for hydroxylation is 1. The molecular formula is C21H24N2O4S. The largest absolute Gasteiger partial charge is 0.492 e. The highest BCUT2D eigenvalue weighted by Crippen LogP contribution is 2.37. The molecule has 1 amide bonds. The van der Waals surface area contributed by atoms with E-state index in [4.69, 9.17) is 4.74 Å². The van der Waals surface area contributed by atoms with E-state index in [2.05, 4.69) is 4.72 Å². The predicted octanol–water partition coefficient (Wildman–Crippen LogP) is 3.49. The van der Waals surface area contributed by atoms with Crippen LogP contribution in [0.25, 0.3) is 0 Å². The molecule has 2 aromatic rings. The summed E-state index contributed by atoms with van der Waals surface area (Å²) in [7, 11) is -3.79. The van der Waals surface area contributed by atoms with Crippen LogP contribution < -0.4 is 14.4 Å². The molecular weight excluding hydrogens is 376 g/mol. The number of rotatable bonds is 6. The maximum Gasteiger partial charge on any atom is 0.265 e. The molecule has 1 fully saturated rings. The van der Waals surface area contributed by atoms with E-state index in [1.54, 1.807) is 18.2 Å². The molecule has 0 atom stereocenters. The number of carbonyl (C=O) groups is 1. The van der Waals surface area contributed by atoms with Crippen LogP contribution in [0, 0.1) is 12.8 Å². The number of ether oxygens (including phenoxy) is 1. The van der Waals surface area contributed by atoms with Crippen molar-refractivity contribution in [1.82, 2.24) is 0 Å². The van der Waals surface area contributed by atoms with E-state index >= 15 is 0 Å². The lowest BCUT2D eigenvalue weighted by atomic mass is 10.1. The zero-order valence-electron chi connectivity index (χ0n) is 16.1. The summed E-state index contributed by atoms with van der Waals surface area (Å²) in [6, 6.07) is 10.5. The van der Waals surface area contributed by atoms with Gasteiger partial charge in [0.15, 0.2) is 0 Å². The van der Waals surface area contributed by atoms with E-state index in [-0.39, 0.29) is 16.7 Å². The van der Waals surface area contributed by atoms with Gasteiger partial charge < -0.3 is 9.64 Å². The van der Waals surface area contributed by atoms with Crippen molar-refractivity contribution in [1.29, 1.82) is 0 Å². The van der Waals surface area contributed by atoms with Crippen LogP contribution in [0.15, 0.2) is 41.3 Å². The first-order valence-corrected chi connectivity index (χ1v) is 11.1. The minimum atomic E-state index is -3.79. The van der Waals surface area contributed by atoms with Gasteiger partial charge >= 0.3 is 0 Å². The molecule has 0 saturated heterocycles. The maximum absolute atomic E-state index is 13.0. The van der Waals surface area contributed by atoms with Gasteiger partial charge in [0.2, 0.25) is 5.91 Å². The quantitative estimate of drug-likeness (QED) is 0.805. The normalized spacial score (nSPS) is 16.0. The van der Waals surface area contributed by atoms with E-state index in [0.717, 1.165) is 36.1 Å². The number of carbonyl (C=O) groups excluding carboxylic acids is 1. The van der Waals surface area contributed by atoms with Crippen molar-refractivity contribution in [3.05, 3.63) is 47.5 Å². The second-order valence-electron chi connectivity index (χ2n) is 7.35. The van der Waals surface area contributed by atoms with Gasteiger partial charge in [-0.1, -0.05) is 6.07 Å². The molecule has 2 aromatic carbocycles. The summed E-state index contributed by atoms with van der Waals surface area (Å²) >= 11 is 0. The average Bonchev–Trinajstić information content (AvgIpc) is 3.42. The molecule has 0 radical (unpaired) electrons. The molecule has 4 rings (SSSR count). The van der Waals surface area contributed by atoms with Gasteiger partial charge in [-0.3, -0.25) is 9.52 Å². The molecule has 7 heteroatoms. The molecule has 2 aliphatic rings. The van der Waals surface area contributed by atoms with Gasteiger partial charge in [0.05, 0.1) is 6.61 Å². The van der Waals surface area contributed by atoms with Crippen LogP contribution >= 0.6 is 0 Å². The number of anilines is 2. The van der Waals surface area contributed by atoms with Gasteiger partial charge in [0.1, 0.15) is 10.6 Å². The minimum Gasteiger partial charge on any atom is -0.492 e. The van der Waals surface area contributed by atoms with Gasteiger partial charge in [0, 0.05) is 23.8 Å². The third-order valence-electron chi connectivity index (χ3n) is 5.11. The molecule has 1 saturated carbocycles. The summed E-state index contributed by atoms with van der Waals surface area (Å²) in [6.07, 6.45) is 2.68. The first kappa shape index (κ1) is 18.8. The van der Waals surface area contributed by atoms with Gasteiger partial charge in [-0.25, -0.2) is 8.42 Å². The standard InChI is InChI=1S/C21H24N2O4S/c1-3-27-19-9-4-14(2)12-20(19)28(25,26)22-17-7-8-18-16(13-17)10-11-23(18)21(24)15-5-6-15/h4,7-9,12-13,15,22H,3,5-6,10-11H2,1-2H3. The molecule has 28 heavy (non-hydrogen) atoms. The van der Waals surface area contributed by atoms with E-state index in [1.807, 2.05) is 36.9 Å². The van der Waals surface area contributed by atoms with Gasteiger partial charge in [-0.2, -0.15) is 0 Å². The number of sulfonamides is 1. The topological polar surface area (TPSA) is 75.7 Å². The van der Waals surface area contributed by atoms with E-state index in [0.29, 0.717) is 24.6 Å². The average molecular weight is 401 g/mol. The second kappa shape index (κ2) is 7.13. The highest BCUT2D eigenvalue weighted by atomic mass is 32.2. The van der Waals surface area contributed by atoms with Gasteiger partial charge in [0.25, 0.3) is 10.0 Å². The SMILES string of the molecule is CCOc1ccc(C)cc1S(=O)(=O)Nc1ccc2c(c1)CCN2C(=O)C1CC1. The fraction of sp³-hybridized carbons (Fsp3) is 0.381. The minimum absolute atomic E-state index is 0.125. The Labute approximate surface area is 165 Å². The Morgan fingerprint density at radius 3 is 2.71 bits per heavy atom. The number of benzene rings is 2. The fourth-order valence-corrected chi connectivity index (χ4v) is 4.84. The van der Waals surface area contributed by atoms with Crippen molar-refractivity contribution in [2.75, 3.05) is 22.8 Å². The molecule has 0 aromatic heterocycles. The summed E-state index contributed by atoms with van der Waals surface area (Å²) in [5.41, 5.74) is 3.21. The summed E-state index contributed by atoms with van der Waals surface area (Å²) in [4.78, 5) is 14.4. The molecule has 1 aliphatic heterocycles. The van der Waals surface area contributed by atoms with Crippen LogP contribution in [-0.2, 0) is 21.2 Å². The number of hydrogen-bond acceptors (Lipinski definition) is 4.